The van der Waals surface area contributed by atoms with Crippen LogP contribution in [0.3, 0.4) is 0 Å². The SMILES string of the molecule is c1ccc([C@]2(CCC[C@H]3CC[C@H](OCC4CC4)c4ccccc43)CCOC3(CCCC3)C2)nc1. The zero-order valence-corrected chi connectivity index (χ0v) is 20.7. The zero-order chi connectivity index (χ0) is 22.8. The van der Waals surface area contributed by atoms with Gasteiger partial charge >= 0.3 is 0 Å². The number of pyridine rings is 1. The molecular weight excluding hydrogens is 418 g/mol. The molecule has 182 valence electrons. The first-order chi connectivity index (χ1) is 16.8. The minimum atomic E-state index is 0.110. The molecule has 4 aliphatic rings. The maximum atomic E-state index is 6.46. The van der Waals surface area contributed by atoms with Crippen molar-refractivity contribution in [3.8, 4) is 0 Å². The van der Waals surface area contributed by atoms with E-state index in [0.29, 0.717) is 12.0 Å². The fraction of sp³-hybridized carbons (Fsp3) is 0.645. The summed E-state index contributed by atoms with van der Waals surface area (Å²) in [5.74, 6) is 1.49. The van der Waals surface area contributed by atoms with Crippen LogP contribution in [0.2, 0.25) is 0 Å². The Morgan fingerprint density at radius 3 is 2.53 bits per heavy atom. The topological polar surface area (TPSA) is 31.4 Å². The summed E-state index contributed by atoms with van der Waals surface area (Å²) in [6.45, 7) is 1.85. The summed E-state index contributed by atoms with van der Waals surface area (Å²) < 4.78 is 12.8. The van der Waals surface area contributed by atoms with Crippen molar-refractivity contribution in [3.63, 3.8) is 0 Å². The monoisotopic (exact) mass is 459 g/mol. The van der Waals surface area contributed by atoms with Crippen molar-refractivity contribution in [1.82, 2.24) is 4.98 Å². The molecule has 3 atom stereocenters. The largest absolute Gasteiger partial charge is 0.375 e. The first-order valence-corrected chi connectivity index (χ1v) is 14.0. The van der Waals surface area contributed by atoms with Crippen LogP contribution in [0, 0.1) is 5.92 Å². The van der Waals surface area contributed by atoms with E-state index in [1.807, 2.05) is 6.20 Å². The highest BCUT2D eigenvalue weighted by Gasteiger charge is 2.48. The molecule has 6 rings (SSSR count). The number of hydrogen-bond acceptors (Lipinski definition) is 3. The number of aromatic nitrogens is 1. The molecule has 1 saturated heterocycles. The molecule has 0 radical (unpaired) electrons. The number of ether oxygens (including phenoxy) is 2. The van der Waals surface area contributed by atoms with Crippen LogP contribution in [-0.4, -0.2) is 23.8 Å². The molecule has 3 fully saturated rings. The van der Waals surface area contributed by atoms with Gasteiger partial charge in [0.25, 0.3) is 0 Å². The Hall–Kier alpha value is -1.71. The van der Waals surface area contributed by atoms with E-state index in [9.17, 15) is 0 Å². The summed E-state index contributed by atoms with van der Waals surface area (Å²) >= 11 is 0. The van der Waals surface area contributed by atoms with Gasteiger partial charge in [-0.15, -0.1) is 0 Å². The standard InChI is InChI=1S/C31H41NO2/c1-2-10-27-26(9-1)25(14-15-28(27)33-22-24-12-13-24)8-7-16-30(29-11-3-6-20-32-29)19-21-34-31(23-30)17-4-5-18-31/h1-3,6,9-11,20,24-25,28H,4-5,7-8,12-19,21-23H2/t25-,28-,30+/m0/s1. The molecule has 3 heteroatoms. The van der Waals surface area contributed by atoms with Crippen molar-refractivity contribution in [2.45, 2.75) is 107 Å². The van der Waals surface area contributed by atoms with Gasteiger partial charge < -0.3 is 9.47 Å². The summed E-state index contributed by atoms with van der Waals surface area (Å²) in [7, 11) is 0. The van der Waals surface area contributed by atoms with Gasteiger partial charge in [0.1, 0.15) is 0 Å². The van der Waals surface area contributed by atoms with E-state index in [0.717, 1.165) is 32.0 Å². The van der Waals surface area contributed by atoms with E-state index < -0.39 is 0 Å². The molecule has 2 aromatic rings. The quantitative estimate of drug-likeness (QED) is 0.406. The minimum Gasteiger partial charge on any atom is -0.375 e. The highest BCUT2D eigenvalue weighted by atomic mass is 16.5. The van der Waals surface area contributed by atoms with Crippen molar-refractivity contribution in [3.05, 3.63) is 65.5 Å². The predicted octanol–water partition coefficient (Wildman–Crippen LogP) is 7.66. The van der Waals surface area contributed by atoms with E-state index in [2.05, 4.69) is 42.5 Å². The highest BCUT2D eigenvalue weighted by Crippen LogP contribution is 2.51. The third kappa shape index (κ3) is 4.71. The van der Waals surface area contributed by atoms with Crippen LogP contribution >= 0.6 is 0 Å². The molecule has 3 aliphatic carbocycles. The second-order valence-corrected chi connectivity index (χ2v) is 11.7. The lowest BCUT2D eigenvalue weighted by molar-refractivity contribution is -0.105. The maximum Gasteiger partial charge on any atom is 0.0828 e. The number of nitrogens with zero attached hydrogens (tertiary/aromatic N) is 1. The number of fused-ring (bicyclic) bond motifs is 1. The molecule has 0 amide bonds. The molecule has 1 aromatic heterocycles. The Bertz CT molecular complexity index is 949. The Morgan fingerprint density at radius 2 is 1.74 bits per heavy atom. The van der Waals surface area contributed by atoms with Gasteiger partial charge in [0, 0.05) is 23.9 Å². The molecule has 0 bridgehead atoms. The van der Waals surface area contributed by atoms with E-state index in [-0.39, 0.29) is 11.0 Å². The van der Waals surface area contributed by atoms with Crippen LogP contribution in [0.5, 0.6) is 0 Å². The van der Waals surface area contributed by atoms with E-state index >= 15 is 0 Å². The summed E-state index contributed by atoms with van der Waals surface area (Å²) in [6.07, 6.45) is 18.6. The minimum absolute atomic E-state index is 0.110. The average Bonchev–Trinajstić information content (AvgIpc) is 3.62. The fourth-order valence-corrected chi connectivity index (χ4v) is 7.33. The van der Waals surface area contributed by atoms with Crippen molar-refractivity contribution in [1.29, 1.82) is 0 Å². The van der Waals surface area contributed by atoms with E-state index in [1.165, 1.54) is 81.9 Å². The van der Waals surface area contributed by atoms with Gasteiger partial charge in [-0.2, -0.15) is 0 Å². The normalized spacial score (nSPS) is 30.4. The van der Waals surface area contributed by atoms with Crippen molar-refractivity contribution >= 4 is 0 Å². The van der Waals surface area contributed by atoms with Crippen LogP contribution in [0.15, 0.2) is 48.7 Å². The van der Waals surface area contributed by atoms with Gasteiger partial charge in [0.15, 0.2) is 0 Å². The fourth-order valence-electron chi connectivity index (χ4n) is 7.33. The molecule has 2 saturated carbocycles. The number of benzene rings is 1. The predicted molar refractivity (Wildman–Crippen MR) is 136 cm³/mol. The van der Waals surface area contributed by atoms with Gasteiger partial charge in [-0.25, -0.2) is 0 Å². The molecule has 1 aliphatic heterocycles. The zero-order valence-electron chi connectivity index (χ0n) is 20.7. The summed E-state index contributed by atoms with van der Waals surface area (Å²) in [4.78, 5) is 4.91. The first kappa shape index (κ1) is 22.7. The lowest BCUT2D eigenvalue weighted by Gasteiger charge is -2.46. The highest BCUT2D eigenvalue weighted by molar-refractivity contribution is 5.34. The second kappa shape index (κ2) is 9.74. The molecule has 0 unspecified atom stereocenters. The third-order valence-corrected chi connectivity index (χ3v) is 9.37. The summed E-state index contributed by atoms with van der Waals surface area (Å²) in [5.41, 5.74) is 4.62. The lowest BCUT2D eigenvalue weighted by atomic mass is 9.66. The average molecular weight is 460 g/mol. The third-order valence-electron chi connectivity index (χ3n) is 9.37. The molecular formula is C31H41NO2. The molecule has 0 N–H and O–H groups in total. The van der Waals surface area contributed by atoms with Crippen molar-refractivity contribution in [2.24, 2.45) is 5.92 Å². The van der Waals surface area contributed by atoms with Crippen LogP contribution in [0.25, 0.3) is 0 Å². The number of hydrogen-bond donors (Lipinski definition) is 0. The Kier molecular flexibility index (Phi) is 6.51. The van der Waals surface area contributed by atoms with Gasteiger partial charge in [0.2, 0.25) is 0 Å². The molecule has 3 nitrogen and oxygen atoms in total. The van der Waals surface area contributed by atoms with Gasteiger partial charge in [0.05, 0.1) is 18.3 Å². The van der Waals surface area contributed by atoms with Crippen molar-refractivity contribution < 1.29 is 9.47 Å². The Labute approximate surface area is 205 Å². The molecule has 1 aromatic carbocycles. The molecule has 34 heavy (non-hydrogen) atoms. The smallest absolute Gasteiger partial charge is 0.0828 e. The molecule has 1 spiro atoms. The van der Waals surface area contributed by atoms with Gasteiger partial charge in [-0.3, -0.25) is 4.98 Å². The first-order valence-electron chi connectivity index (χ1n) is 14.0. The Balaban J connectivity index is 1.16. The van der Waals surface area contributed by atoms with Gasteiger partial charge in [-0.1, -0.05) is 49.6 Å². The van der Waals surface area contributed by atoms with Crippen LogP contribution in [0.4, 0.5) is 0 Å². The lowest BCUT2D eigenvalue weighted by Crippen LogP contribution is -2.46. The van der Waals surface area contributed by atoms with Crippen LogP contribution < -0.4 is 0 Å². The van der Waals surface area contributed by atoms with Gasteiger partial charge in [-0.05, 0) is 99.3 Å². The Morgan fingerprint density at radius 1 is 0.912 bits per heavy atom. The van der Waals surface area contributed by atoms with E-state index in [1.54, 1.807) is 5.56 Å². The second-order valence-electron chi connectivity index (χ2n) is 11.7. The van der Waals surface area contributed by atoms with E-state index in [4.69, 9.17) is 14.5 Å². The summed E-state index contributed by atoms with van der Waals surface area (Å²) in [5, 5.41) is 0. The molecule has 2 heterocycles. The van der Waals surface area contributed by atoms with Crippen molar-refractivity contribution in [2.75, 3.05) is 13.2 Å². The number of rotatable bonds is 8. The summed E-state index contributed by atoms with van der Waals surface area (Å²) in [6, 6.07) is 15.7. The van der Waals surface area contributed by atoms with Crippen LogP contribution in [0.1, 0.15) is 112 Å². The maximum absolute atomic E-state index is 6.46. The van der Waals surface area contributed by atoms with Crippen LogP contribution in [-0.2, 0) is 14.9 Å².